The Labute approximate surface area is 177 Å². The number of rotatable bonds is 4. The molecule has 154 valence electrons. The molecule has 0 unspecified atom stereocenters. The minimum absolute atomic E-state index is 0.168. The third kappa shape index (κ3) is 3.93. The van der Waals surface area contributed by atoms with Gasteiger partial charge in [0, 0.05) is 30.2 Å². The van der Waals surface area contributed by atoms with Crippen molar-refractivity contribution in [2.45, 2.75) is 18.9 Å². The Morgan fingerprint density at radius 3 is 2.80 bits per heavy atom. The van der Waals surface area contributed by atoms with Crippen LogP contribution in [0.25, 0.3) is 11.4 Å². The molecule has 1 aliphatic heterocycles. The highest BCUT2D eigenvalue weighted by atomic mass is 32.2. The molecule has 0 spiro atoms. The summed E-state index contributed by atoms with van der Waals surface area (Å²) in [7, 11) is 1.91. The first-order valence-electron chi connectivity index (χ1n) is 9.39. The van der Waals surface area contributed by atoms with E-state index in [4.69, 9.17) is 5.73 Å². The van der Waals surface area contributed by atoms with E-state index in [2.05, 4.69) is 20.3 Å². The summed E-state index contributed by atoms with van der Waals surface area (Å²) in [6.07, 6.45) is 5.54. The van der Waals surface area contributed by atoms with Gasteiger partial charge in [-0.1, -0.05) is 11.8 Å². The molecule has 0 fully saturated rings. The van der Waals surface area contributed by atoms with Crippen LogP contribution in [0.4, 0.5) is 10.1 Å². The number of nitrogens with one attached hydrogen (secondary N) is 1. The zero-order chi connectivity index (χ0) is 21.3. The summed E-state index contributed by atoms with van der Waals surface area (Å²) in [4.78, 5) is 25.6. The lowest BCUT2D eigenvalue weighted by atomic mass is 9.89. The van der Waals surface area contributed by atoms with Crippen LogP contribution in [-0.4, -0.2) is 31.4 Å². The second kappa shape index (κ2) is 7.91. The first kappa shape index (κ1) is 20.1. The van der Waals surface area contributed by atoms with Crippen LogP contribution in [-0.2, 0) is 12.6 Å². The number of amides is 1. The number of carbonyl (C=O) groups excluding carboxylic acids is 1. The third-order valence-corrected chi connectivity index (χ3v) is 5.89. The maximum Gasteiger partial charge on any atom is 0.275 e. The number of hydrogen-bond acceptors (Lipinski definition) is 6. The smallest absolute Gasteiger partial charge is 0.275 e. The molecule has 3 heterocycles. The second-order valence-corrected chi connectivity index (χ2v) is 8.38. The summed E-state index contributed by atoms with van der Waals surface area (Å²) < 4.78 is 16.5. The molecule has 1 amide bonds. The number of benzene rings is 1. The van der Waals surface area contributed by atoms with E-state index < -0.39 is 11.4 Å². The van der Waals surface area contributed by atoms with Crippen molar-refractivity contribution >= 4 is 28.5 Å². The van der Waals surface area contributed by atoms with Crippen LogP contribution >= 0.6 is 11.8 Å². The Morgan fingerprint density at radius 1 is 1.30 bits per heavy atom. The Hall–Kier alpha value is -3.20. The van der Waals surface area contributed by atoms with Crippen LogP contribution in [0.15, 0.2) is 53.9 Å². The fraction of sp³-hybridized carbons (Fsp3) is 0.238. The van der Waals surface area contributed by atoms with Gasteiger partial charge in [0.2, 0.25) is 0 Å². The van der Waals surface area contributed by atoms with Gasteiger partial charge in [0.25, 0.3) is 5.91 Å². The van der Waals surface area contributed by atoms with Crippen molar-refractivity contribution in [2.75, 3.05) is 11.1 Å². The number of nitrogens with zero attached hydrogens (tertiary/aromatic N) is 4. The van der Waals surface area contributed by atoms with Gasteiger partial charge in [-0.2, -0.15) is 0 Å². The lowest BCUT2D eigenvalue weighted by Crippen LogP contribution is -2.29. The van der Waals surface area contributed by atoms with Gasteiger partial charge in [-0.3, -0.25) is 14.8 Å². The molecular weight excluding hydrogens is 403 g/mol. The summed E-state index contributed by atoms with van der Waals surface area (Å²) >= 11 is 1.45. The molecule has 1 aromatic carbocycles. The van der Waals surface area contributed by atoms with E-state index in [9.17, 15) is 9.18 Å². The fourth-order valence-corrected chi connectivity index (χ4v) is 4.37. The predicted octanol–water partition coefficient (Wildman–Crippen LogP) is 3.54. The van der Waals surface area contributed by atoms with Gasteiger partial charge < -0.3 is 15.6 Å². The average Bonchev–Trinajstić information content (AvgIpc) is 3.15. The molecular formula is C21H21FN6OS. The maximum atomic E-state index is 14.5. The van der Waals surface area contributed by atoms with Crippen molar-refractivity contribution in [2.24, 2.45) is 17.8 Å². The van der Waals surface area contributed by atoms with E-state index in [1.807, 2.05) is 36.9 Å². The standard InChI is InChI=1S/C21H21FN6OS/c1-21(7-9-30-20(23)27-21)14-10-13(5-6-15(14)22)26-19(29)17-12-24-16(11-25-17)18-4-3-8-28(18)2/h3-6,8,10-12H,7,9H2,1-2H3,(H2,23,27)(H,26,29)/t21-/m0/s1. The van der Waals surface area contributed by atoms with E-state index in [1.165, 1.54) is 30.1 Å². The average molecular weight is 425 g/mol. The minimum Gasteiger partial charge on any atom is -0.379 e. The molecule has 7 nitrogen and oxygen atoms in total. The normalized spacial score (nSPS) is 18.7. The summed E-state index contributed by atoms with van der Waals surface area (Å²) in [6.45, 7) is 1.84. The van der Waals surface area contributed by atoms with Gasteiger partial charge in [-0.15, -0.1) is 0 Å². The van der Waals surface area contributed by atoms with Gasteiger partial charge in [-0.25, -0.2) is 9.37 Å². The van der Waals surface area contributed by atoms with Gasteiger partial charge in [0.15, 0.2) is 5.17 Å². The number of carbonyl (C=O) groups is 1. The van der Waals surface area contributed by atoms with E-state index in [-0.39, 0.29) is 11.5 Å². The van der Waals surface area contributed by atoms with E-state index in [0.717, 1.165) is 11.4 Å². The zero-order valence-electron chi connectivity index (χ0n) is 16.6. The van der Waals surface area contributed by atoms with Gasteiger partial charge >= 0.3 is 0 Å². The lowest BCUT2D eigenvalue weighted by molar-refractivity contribution is 0.102. The van der Waals surface area contributed by atoms with Crippen molar-refractivity contribution in [3.63, 3.8) is 0 Å². The first-order chi connectivity index (χ1) is 14.4. The fourth-order valence-electron chi connectivity index (χ4n) is 3.40. The number of nitrogens with two attached hydrogens (primary N) is 1. The molecule has 3 N–H and O–H groups in total. The highest BCUT2D eigenvalue weighted by Gasteiger charge is 2.32. The molecule has 0 saturated heterocycles. The zero-order valence-corrected chi connectivity index (χ0v) is 17.4. The van der Waals surface area contributed by atoms with Crippen molar-refractivity contribution in [1.82, 2.24) is 14.5 Å². The molecule has 1 aliphatic rings. The van der Waals surface area contributed by atoms with Crippen LogP contribution in [0.1, 0.15) is 29.4 Å². The summed E-state index contributed by atoms with van der Waals surface area (Å²) in [5, 5.41) is 3.20. The number of hydrogen-bond donors (Lipinski definition) is 2. The van der Waals surface area contributed by atoms with Crippen molar-refractivity contribution in [3.05, 3.63) is 66.0 Å². The molecule has 30 heavy (non-hydrogen) atoms. The molecule has 1 atom stereocenters. The van der Waals surface area contributed by atoms with Gasteiger partial charge in [0.1, 0.15) is 17.2 Å². The third-order valence-electron chi connectivity index (χ3n) is 5.09. The largest absolute Gasteiger partial charge is 0.379 e. The van der Waals surface area contributed by atoms with E-state index in [0.29, 0.717) is 28.5 Å². The summed E-state index contributed by atoms with van der Waals surface area (Å²) in [5.41, 5.74) is 7.67. The quantitative estimate of drug-likeness (QED) is 0.668. The number of anilines is 1. The van der Waals surface area contributed by atoms with Gasteiger partial charge in [0.05, 0.1) is 23.6 Å². The van der Waals surface area contributed by atoms with Crippen LogP contribution in [0.5, 0.6) is 0 Å². The molecule has 4 rings (SSSR count). The van der Waals surface area contributed by atoms with E-state index >= 15 is 0 Å². The van der Waals surface area contributed by atoms with Crippen molar-refractivity contribution in [1.29, 1.82) is 0 Å². The maximum absolute atomic E-state index is 14.5. The van der Waals surface area contributed by atoms with E-state index in [1.54, 1.807) is 12.3 Å². The number of aryl methyl sites for hydroxylation is 1. The monoisotopic (exact) mass is 424 g/mol. The number of amidine groups is 1. The molecule has 0 saturated carbocycles. The highest BCUT2D eigenvalue weighted by Crippen LogP contribution is 2.37. The second-order valence-electron chi connectivity index (χ2n) is 7.26. The first-order valence-corrected chi connectivity index (χ1v) is 10.4. The van der Waals surface area contributed by atoms with Crippen LogP contribution in [0.2, 0.25) is 0 Å². The Bertz CT molecular complexity index is 1130. The molecule has 0 radical (unpaired) electrons. The number of thioether (sulfide) groups is 1. The predicted molar refractivity (Wildman–Crippen MR) is 117 cm³/mol. The van der Waals surface area contributed by atoms with Crippen molar-refractivity contribution < 1.29 is 9.18 Å². The molecule has 0 aliphatic carbocycles. The lowest BCUT2D eigenvalue weighted by Gasteiger charge is -2.30. The minimum atomic E-state index is -0.767. The van der Waals surface area contributed by atoms with Crippen LogP contribution in [0.3, 0.4) is 0 Å². The Kier molecular flexibility index (Phi) is 5.29. The van der Waals surface area contributed by atoms with Crippen LogP contribution < -0.4 is 11.1 Å². The Morgan fingerprint density at radius 2 is 2.13 bits per heavy atom. The number of halogens is 1. The topological polar surface area (TPSA) is 98.2 Å². The van der Waals surface area contributed by atoms with Crippen molar-refractivity contribution in [3.8, 4) is 11.4 Å². The van der Waals surface area contributed by atoms with Crippen LogP contribution in [0, 0.1) is 5.82 Å². The molecule has 3 aromatic rings. The highest BCUT2D eigenvalue weighted by molar-refractivity contribution is 8.13. The molecule has 0 bridgehead atoms. The molecule has 9 heteroatoms. The Balaban J connectivity index is 1.55. The molecule has 2 aromatic heterocycles. The number of aromatic nitrogens is 3. The number of aliphatic imine (C=N–C) groups is 1. The summed E-state index contributed by atoms with van der Waals surface area (Å²) in [6, 6.07) is 8.27. The SMILES string of the molecule is Cn1cccc1-c1cnc(C(=O)Nc2ccc(F)c([C@]3(C)CCSC(N)=N3)c2)cn1. The van der Waals surface area contributed by atoms with Gasteiger partial charge in [-0.05, 0) is 43.7 Å². The summed E-state index contributed by atoms with van der Waals surface area (Å²) in [5.74, 6) is -0.0539.